The summed E-state index contributed by atoms with van der Waals surface area (Å²) in [6, 6.07) is 0. The molecule has 0 spiro atoms. The Morgan fingerprint density at radius 2 is 2.06 bits per heavy atom. The Balaban J connectivity index is 1.57. The lowest BCUT2D eigenvalue weighted by Gasteiger charge is -2.25. The minimum atomic E-state index is -1.56. The first-order valence-corrected chi connectivity index (χ1v) is 10.7. The summed E-state index contributed by atoms with van der Waals surface area (Å²) in [6.45, 7) is 5.96. The Kier molecular flexibility index (Phi) is 5.56. The predicted octanol–water partition coefficient (Wildman–Crippen LogP) is 0.795. The number of aromatic nitrogens is 4. The van der Waals surface area contributed by atoms with Crippen molar-refractivity contribution in [1.29, 1.82) is 0 Å². The SMILES string of the molecule is CC(=O)OC1C(I)[C@@H](COC2(C)OC(=O)C(C)(C)O2)O[C@H]1n1cnc2c(=O)[nH]cnc21. The first-order chi connectivity index (χ1) is 14.5. The van der Waals surface area contributed by atoms with Crippen molar-refractivity contribution in [3.63, 3.8) is 0 Å². The number of H-pyrrole nitrogens is 1. The molecule has 3 unspecified atom stereocenters. The molecule has 0 bridgehead atoms. The van der Waals surface area contributed by atoms with Crippen molar-refractivity contribution in [3.05, 3.63) is 23.0 Å². The highest BCUT2D eigenvalue weighted by atomic mass is 127. The van der Waals surface area contributed by atoms with Crippen molar-refractivity contribution < 1.29 is 33.3 Å². The lowest BCUT2D eigenvalue weighted by molar-refractivity contribution is -0.334. The fraction of sp³-hybridized carbons (Fsp3) is 0.611. The maximum absolute atomic E-state index is 12.0. The number of nitrogens with one attached hydrogen (secondary N) is 1. The molecule has 2 fully saturated rings. The van der Waals surface area contributed by atoms with Crippen LogP contribution >= 0.6 is 22.6 Å². The molecule has 31 heavy (non-hydrogen) atoms. The number of hydrogen-bond acceptors (Lipinski definition) is 10. The van der Waals surface area contributed by atoms with E-state index in [1.165, 1.54) is 26.5 Å². The molecule has 2 saturated heterocycles. The van der Waals surface area contributed by atoms with Gasteiger partial charge in [-0.25, -0.2) is 14.8 Å². The zero-order valence-electron chi connectivity index (χ0n) is 17.2. The van der Waals surface area contributed by atoms with E-state index in [0.717, 1.165) is 0 Å². The van der Waals surface area contributed by atoms with Crippen molar-refractivity contribution in [1.82, 2.24) is 19.5 Å². The van der Waals surface area contributed by atoms with E-state index in [9.17, 15) is 14.4 Å². The molecule has 4 rings (SSSR count). The lowest BCUT2D eigenvalue weighted by atomic mass is 10.1. The molecule has 5 atom stereocenters. The number of alkyl halides is 1. The van der Waals surface area contributed by atoms with Crippen molar-refractivity contribution in [3.8, 4) is 0 Å². The Bertz CT molecular complexity index is 1080. The van der Waals surface area contributed by atoms with Crippen LogP contribution in [-0.2, 0) is 33.3 Å². The van der Waals surface area contributed by atoms with Crippen LogP contribution in [-0.4, -0.2) is 65.8 Å². The first-order valence-electron chi connectivity index (χ1n) is 9.45. The summed E-state index contributed by atoms with van der Waals surface area (Å²) >= 11 is 2.11. The van der Waals surface area contributed by atoms with E-state index < -0.39 is 47.5 Å². The van der Waals surface area contributed by atoms with Gasteiger partial charge in [0.15, 0.2) is 29.1 Å². The molecular formula is C18H21IN4O8. The highest BCUT2D eigenvalue weighted by molar-refractivity contribution is 14.1. The first kappa shape index (κ1) is 22.1. The molecule has 1 N–H and O–H groups in total. The van der Waals surface area contributed by atoms with E-state index in [0.29, 0.717) is 0 Å². The largest absolute Gasteiger partial charge is 0.456 e. The third kappa shape index (κ3) is 4.06. The number of hydrogen-bond donors (Lipinski definition) is 1. The van der Waals surface area contributed by atoms with Crippen LogP contribution < -0.4 is 5.56 Å². The summed E-state index contributed by atoms with van der Waals surface area (Å²) < 4.78 is 29.4. The Morgan fingerprint density at radius 3 is 2.71 bits per heavy atom. The van der Waals surface area contributed by atoms with E-state index >= 15 is 0 Å². The molecule has 2 aromatic rings. The number of halogens is 1. The van der Waals surface area contributed by atoms with Crippen LogP contribution in [0.25, 0.3) is 11.2 Å². The molecule has 0 aromatic carbocycles. The second kappa shape index (κ2) is 7.79. The second-order valence-electron chi connectivity index (χ2n) is 7.81. The molecule has 0 aliphatic carbocycles. The van der Waals surface area contributed by atoms with Gasteiger partial charge in [0.2, 0.25) is 0 Å². The highest BCUT2D eigenvalue weighted by Gasteiger charge is 2.53. The monoisotopic (exact) mass is 548 g/mol. The predicted molar refractivity (Wildman–Crippen MR) is 111 cm³/mol. The van der Waals surface area contributed by atoms with Crippen LogP contribution in [0.15, 0.2) is 17.4 Å². The van der Waals surface area contributed by atoms with Gasteiger partial charge in [0.1, 0.15) is 0 Å². The summed E-state index contributed by atoms with van der Waals surface area (Å²) in [4.78, 5) is 46.4. The summed E-state index contributed by atoms with van der Waals surface area (Å²) in [5.74, 6) is -2.59. The zero-order valence-corrected chi connectivity index (χ0v) is 19.3. The fourth-order valence-corrected chi connectivity index (χ4v) is 4.41. The number of carbonyl (C=O) groups excluding carboxylic acids is 2. The van der Waals surface area contributed by atoms with E-state index in [1.807, 2.05) is 0 Å². The zero-order chi connectivity index (χ0) is 22.6. The maximum atomic E-state index is 12.0. The average Bonchev–Trinajstić information content (AvgIpc) is 3.28. The van der Waals surface area contributed by atoms with Gasteiger partial charge in [0, 0.05) is 13.8 Å². The number of rotatable bonds is 5. The van der Waals surface area contributed by atoms with Crippen LogP contribution in [0.4, 0.5) is 0 Å². The summed E-state index contributed by atoms with van der Waals surface area (Å²) in [5.41, 5.74) is -1.10. The second-order valence-corrected chi connectivity index (χ2v) is 9.25. The number of carbonyl (C=O) groups is 2. The Morgan fingerprint density at radius 1 is 1.32 bits per heavy atom. The minimum absolute atomic E-state index is 0.0115. The number of ether oxygens (including phenoxy) is 5. The van der Waals surface area contributed by atoms with Crippen LogP contribution in [0.2, 0.25) is 0 Å². The quantitative estimate of drug-likeness (QED) is 0.324. The number of imidazole rings is 1. The smallest absolute Gasteiger partial charge is 0.342 e. The van der Waals surface area contributed by atoms with Crippen molar-refractivity contribution in [2.45, 2.75) is 61.6 Å². The number of cyclic esters (lactones) is 1. The van der Waals surface area contributed by atoms with Crippen LogP contribution in [0.3, 0.4) is 0 Å². The van der Waals surface area contributed by atoms with Gasteiger partial charge < -0.3 is 23.9 Å². The third-order valence-corrected chi connectivity index (χ3v) is 6.44. The van der Waals surface area contributed by atoms with Crippen LogP contribution in [0.1, 0.15) is 33.9 Å². The summed E-state index contributed by atoms with van der Waals surface area (Å²) in [6.07, 6.45) is 0.607. The molecule has 13 heteroatoms. The minimum Gasteiger partial charge on any atom is -0.456 e. The van der Waals surface area contributed by atoms with Crippen molar-refractivity contribution >= 4 is 45.7 Å². The summed E-state index contributed by atoms with van der Waals surface area (Å²) in [7, 11) is 0. The van der Waals surface area contributed by atoms with Crippen molar-refractivity contribution in [2.75, 3.05) is 6.61 Å². The van der Waals surface area contributed by atoms with Crippen molar-refractivity contribution in [2.24, 2.45) is 0 Å². The molecule has 4 heterocycles. The summed E-state index contributed by atoms with van der Waals surface area (Å²) in [5, 5.41) is 0. The van der Waals surface area contributed by atoms with Gasteiger partial charge in [0.25, 0.3) is 5.56 Å². The molecule has 168 valence electrons. The van der Waals surface area contributed by atoms with E-state index in [4.69, 9.17) is 23.7 Å². The van der Waals surface area contributed by atoms with Crippen LogP contribution in [0, 0.1) is 0 Å². The van der Waals surface area contributed by atoms with Gasteiger partial charge in [-0.3, -0.25) is 18.9 Å². The Labute approximate surface area is 189 Å². The topological polar surface area (TPSA) is 144 Å². The number of nitrogens with zero attached hydrogens (tertiary/aromatic N) is 3. The normalized spacial score (nSPS) is 32.4. The number of aromatic amines is 1. The lowest BCUT2D eigenvalue weighted by Crippen LogP contribution is -2.38. The van der Waals surface area contributed by atoms with Gasteiger partial charge in [-0.05, 0) is 13.8 Å². The number of fused-ring (bicyclic) bond motifs is 1. The molecule has 0 saturated carbocycles. The van der Waals surface area contributed by atoms with Gasteiger partial charge in [-0.2, -0.15) is 0 Å². The third-order valence-electron chi connectivity index (χ3n) is 4.93. The molecule has 2 aromatic heterocycles. The molecule has 0 amide bonds. The van der Waals surface area contributed by atoms with E-state index in [2.05, 4.69) is 37.5 Å². The van der Waals surface area contributed by atoms with E-state index in [1.54, 1.807) is 18.4 Å². The standard InChI is InChI=1S/C18H21IN4O8/c1-8(24)28-12-10(19)9(5-27-18(4)30-16(26)17(2,3)31-18)29-15(12)23-7-22-11-13(23)20-6-21-14(11)25/h6-7,9-10,12,15H,5H2,1-4H3,(H,20,21,25)/t9-,10?,12?,15-,18?/m1/s1. The molecule has 0 radical (unpaired) electrons. The van der Waals surface area contributed by atoms with Crippen LogP contribution in [0.5, 0.6) is 0 Å². The molecule has 2 aliphatic heterocycles. The molecular weight excluding hydrogens is 527 g/mol. The van der Waals surface area contributed by atoms with Gasteiger partial charge in [0.05, 0.1) is 29.3 Å². The molecule has 12 nitrogen and oxygen atoms in total. The van der Waals surface area contributed by atoms with E-state index in [-0.39, 0.29) is 21.7 Å². The fourth-order valence-electron chi connectivity index (χ4n) is 3.53. The van der Waals surface area contributed by atoms with Gasteiger partial charge in [-0.1, -0.05) is 22.6 Å². The Hall–Kier alpha value is -2.10. The molecule has 2 aliphatic rings. The highest BCUT2D eigenvalue weighted by Crippen LogP contribution is 2.39. The number of esters is 2. The van der Waals surface area contributed by atoms with Gasteiger partial charge in [-0.15, -0.1) is 0 Å². The van der Waals surface area contributed by atoms with Gasteiger partial charge >= 0.3 is 17.9 Å². The maximum Gasteiger partial charge on any atom is 0.342 e. The average molecular weight is 548 g/mol.